The average Bonchev–Trinajstić information content (AvgIpc) is 3.27. The van der Waals surface area contributed by atoms with Gasteiger partial charge in [0.15, 0.2) is 0 Å². The first-order chi connectivity index (χ1) is 8.81. The lowest BCUT2D eigenvalue weighted by Crippen LogP contribution is -2.46. The molecule has 4 nitrogen and oxygen atoms in total. The molecule has 3 fully saturated rings. The van der Waals surface area contributed by atoms with Gasteiger partial charge in [-0.15, -0.1) is 0 Å². The van der Waals surface area contributed by atoms with Crippen LogP contribution in [0.3, 0.4) is 0 Å². The third-order valence-electron chi connectivity index (χ3n) is 4.52. The van der Waals surface area contributed by atoms with Crippen molar-refractivity contribution >= 4 is 0 Å². The molecule has 104 valence electrons. The van der Waals surface area contributed by atoms with Crippen molar-refractivity contribution in [3.05, 3.63) is 0 Å². The third-order valence-corrected chi connectivity index (χ3v) is 4.52. The summed E-state index contributed by atoms with van der Waals surface area (Å²) in [5, 5.41) is 12.9. The zero-order valence-electron chi connectivity index (χ0n) is 11.2. The van der Waals surface area contributed by atoms with Crippen LogP contribution in [0.5, 0.6) is 0 Å². The van der Waals surface area contributed by atoms with Gasteiger partial charge in [0.2, 0.25) is 0 Å². The van der Waals surface area contributed by atoms with Crippen molar-refractivity contribution in [2.45, 2.75) is 44.2 Å². The lowest BCUT2D eigenvalue weighted by Gasteiger charge is -2.34. The van der Waals surface area contributed by atoms with Gasteiger partial charge in [-0.2, -0.15) is 0 Å². The second-order valence-corrected chi connectivity index (χ2v) is 6.38. The molecule has 1 saturated heterocycles. The molecule has 0 aromatic carbocycles. The number of ether oxygens (including phenoxy) is 1. The molecule has 1 heterocycles. The van der Waals surface area contributed by atoms with Crippen molar-refractivity contribution < 1.29 is 9.84 Å². The van der Waals surface area contributed by atoms with E-state index in [1.54, 1.807) is 0 Å². The average molecular weight is 254 g/mol. The minimum Gasteiger partial charge on any atom is -0.395 e. The zero-order valence-corrected chi connectivity index (χ0v) is 11.2. The van der Waals surface area contributed by atoms with Crippen LogP contribution in [0.15, 0.2) is 0 Å². The van der Waals surface area contributed by atoms with Crippen LogP contribution in [0.2, 0.25) is 0 Å². The first kappa shape index (κ1) is 12.9. The summed E-state index contributed by atoms with van der Waals surface area (Å²) in [6.07, 6.45) is 6.49. The highest BCUT2D eigenvalue weighted by molar-refractivity contribution is 4.95. The molecule has 0 radical (unpaired) electrons. The highest BCUT2D eigenvalue weighted by Gasteiger charge is 2.41. The highest BCUT2D eigenvalue weighted by Crippen LogP contribution is 2.35. The minimum absolute atomic E-state index is 0.281. The summed E-state index contributed by atoms with van der Waals surface area (Å²) in [7, 11) is 0. The Morgan fingerprint density at radius 1 is 1.28 bits per heavy atom. The van der Waals surface area contributed by atoms with Crippen LogP contribution in [0, 0.1) is 5.41 Å². The largest absolute Gasteiger partial charge is 0.395 e. The fourth-order valence-corrected chi connectivity index (χ4v) is 3.01. The van der Waals surface area contributed by atoms with Crippen LogP contribution >= 0.6 is 0 Å². The number of hydrogen-bond acceptors (Lipinski definition) is 4. The third kappa shape index (κ3) is 3.23. The molecule has 1 aliphatic heterocycles. The van der Waals surface area contributed by atoms with Crippen molar-refractivity contribution in [2.75, 3.05) is 39.5 Å². The van der Waals surface area contributed by atoms with Gasteiger partial charge in [-0.05, 0) is 32.1 Å². The van der Waals surface area contributed by atoms with Crippen LogP contribution < -0.4 is 5.32 Å². The van der Waals surface area contributed by atoms with Crippen molar-refractivity contribution in [1.82, 2.24) is 10.2 Å². The molecule has 0 aromatic rings. The van der Waals surface area contributed by atoms with Crippen molar-refractivity contribution in [3.8, 4) is 0 Å². The fraction of sp³-hybridized carbons (Fsp3) is 1.00. The molecule has 3 aliphatic rings. The van der Waals surface area contributed by atoms with E-state index in [0.29, 0.717) is 5.41 Å². The molecular formula is C14H26N2O2. The quantitative estimate of drug-likeness (QED) is 0.666. The maximum Gasteiger partial charge on any atom is 0.0558 e. The van der Waals surface area contributed by atoms with Gasteiger partial charge in [0.1, 0.15) is 0 Å². The normalized spacial score (nSPS) is 32.3. The summed E-state index contributed by atoms with van der Waals surface area (Å²) in [5.41, 5.74) is 0.292. The Kier molecular flexibility index (Phi) is 3.89. The van der Waals surface area contributed by atoms with Crippen molar-refractivity contribution in [1.29, 1.82) is 0 Å². The number of hydrogen-bond donors (Lipinski definition) is 2. The van der Waals surface area contributed by atoms with Crippen LogP contribution in [-0.2, 0) is 4.74 Å². The molecule has 2 saturated carbocycles. The van der Waals surface area contributed by atoms with E-state index in [-0.39, 0.29) is 6.61 Å². The summed E-state index contributed by atoms with van der Waals surface area (Å²) in [6, 6.07) is 1.50. The smallest absolute Gasteiger partial charge is 0.0558 e. The molecule has 4 heteroatoms. The number of nitrogens with one attached hydrogen (secondary N) is 1. The topological polar surface area (TPSA) is 44.7 Å². The molecule has 0 amide bonds. The Hall–Kier alpha value is -0.160. The zero-order chi connectivity index (χ0) is 12.4. The fourth-order valence-electron chi connectivity index (χ4n) is 3.01. The highest BCUT2D eigenvalue weighted by atomic mass is 16.5. The Labute approximate surface area is 110 Å². The first-order valence-corrected chi connectivity index (χ1v) is 7.47. The van der Waals surface area contributed by atoms with Crippen molar-refractivity contribution in [2.24, 2.45) is 5.41 Å². The SMILES string of the molecule is OCCN(CC1(CNC2CC2)CCOC1)C1CC1. The van der Waals surface area contributed by atoms with E-state index in [9.17, 15) is 5.11 Å². The number of nitrogens with zero attached hydrogens (tertiary/aromatic N) is 1. The molecule has 0 bridgehead atoms. The molecule has 0 spiro atoms. The van der Waals surface area contributed by atoms with Crippen molar-refractivity contribution in [3.63, 3.8) is 0 Å². The van der Waals surface area contributed by atoms with Crippen LogP contribution in [0.4, 0.5) is 0 Å². The monoisotopic (exact) mass is 254 g/mol. The Morgan fingerprint density at radius 3 is 2.67 bits per heavy atom. The molecule has 0 aromatic heterocycles. The van der Waals surface area contributed by atoms with Gasteiger partial charge in [0, 0.05) is 43.7 Å². The van der Waals surface area contributed by atoms with Crippen LogP contribution in [0.1, 0.15) is 32.1 Å². The lowest BCUT2D eigenvalue weighted by atomic mass is 9.86. The van der Waals surface area contributed by atoms with E-state index < -0.39 is 0 Å². The van der Waals surface area contributed by atoms with E-state index in [1.165, 1.54) is 32.1 Å². The standard InChI is InChI=1S/C14H26N2O2/c17-7-6-16(13-3-4-13)10-14(5-8-18-11-14)9-15-12-1-2-12/h12-13,15,17H,1-11H2. The summed E-state index contributed by atoms with van der Waals surface area (Å²) >= 11 is 0. The Bertz CT molecular complexity index is 271. The van der Waals surface area contributed by atoms with Gasteiger partial charge in [0.05, 0.1) is 13.2 Å². The minimum atomic E-state index is 0.281. The molecule has 2 N–H and O–H groups in total. The summed E-state index contributed by atoms with van der Waals surface area (Å²) in [4.78, 5) is 2.49. The summed E-state index contributed by atoms with van der Waals surface area (Å²) in [5.74, 6) is 0. The summed E-state index contributed by atoms with van der Waals surface area (Å²) in [6.45, 7) is 5.09. The predicted octanol–water partition coefficient (Wildman–Crippen LogP) is 0.602. The van der Waals surface area contributed by atoms with Gasteiger partial charge in [-0.1, -0.05) is 0 Å². The van der Waals surface area contributed by atoms with Gasteiger partial charge in [-0.25, -0.2) is 0 Å². The van der Waals surface area contributed by atoms with Gasteiger partial charge in [0.25, 0.3) is 0 Å². The van der Waals surface area contributed by atoms with E-state index in [1.807, 2.05) is 0 Å². The Morgan fingerprint density at radius 2 is 2.11 bits per heavy atom. The number of aliphatic hydroxyl groups is 1. The van der Waals surface area contributed by atoms with Crippen LogP contribution in [-0.4, -0.2) is 61.5 Å². The van der Waals surface area contributed by atoms with Gasteiger partial charge in [-0.3, -0.25) is 4.90 Å². The van der Waals surface area contributed by atoms with E-state index in [4.69, 9.17) is 4.74 Å². The molecule has 3 rings (SSSR count). The first-order valence-electron chi connectivity index (χ1n) is 7.47. The predicted molar refractivity (Wildman–Crippen MR) is 70.6 cm³/mol. The molecule has 18 heavy (non-hydrogen) atoms. The van der Waals surface area contributed by atoms with Gasteiger partial charge >= 0.3 is 0 Å². The second-order valence-electron chi connectivity index (χ2n) is 6.38. The van der Waals surface area contributed by atoms with Gasteiger partial charge < -0.3 is 15.2 Å². The maximum absolute atomic E-state index is 9.21. The number of aliphatic hydroxyl groups excluding tert-OH is 1. The Balaban J connectivity index is 1.56. The summed E-state index contributed by atoms with van der Waals surface area (Å²) < 4.78 is 5.66. The second kappa shape index (κ2) is 5.45. The van der Waals surface area contributed by atoms with E-state index in [0.717, 1.165) is 44.9 Å². The maximum atomic E-state index is 9.21. The number of rotatable bonds is 8. The molecule has 1 unspecified atom stereocenters. The molecular weight excluding hydrogens is 228 g/mol. The van der Waals surface area contributed by atoms with E-state index in [2.05, 4.69) is 10.2 Å². The molecule has 2 aliphatic carbocycles. The van der Waals surface area contributed by atoms with Crippen LogP contribution in [0.25, 0.3) is 0 Å². The van der Waals surface area contributed by atoms with E-state index >= 15 is 0 Å². The lowest BCUT2D eigenvalue weighted by molar-refractivity contribution is 0.0923. The molecule has 1 atom stereocenters.